The third-order valence-electron chi connectivity index (χ3n) is 3.27. The van der Waals surface area contributed by atoms with E-state index in [1.165, 1.54) is 25.3 Å². The van der Waals surface area contributed by atoms with Crippen molar-refractivity contribution in [3.8, 4) is 17.2 Å². The zero-order valence-electron chi connectivity index (χ0n) is 11.8. The molecule has 0 bridgehead atoms. The Labute approximate surface area is 126 Å². The normalized spacial score (nSPS) is 12.6. The summed E-state index contributed by atoms with van der Waals surface area (Å²) in [5.41, 5.74) is 0.768. The molecule has 22 heavy (non-hydrogen) atoms. The Morgan fingerprint density at radius 3 is 2.77 bits per heavy atom. The van der Waals surface area contributed by atoms with Gasteiger partial charge in [0, 0.05) is 6.07 Å². The highest BCUT2D eigenvalue weighted by Gasteiger charge is 2.13. The number of carbonyl (C=O) groups is 1. The molecule has 4 nitrogen and oxygen atoms in total. The van der Waals surface area contributed by atoms with Crippen LogP contribution in [0.3, 0.4) is 0 Å². The van der Waals surface area contributed by atoms with Crippen molar-refractivity contribution in [2.24, 2.45) is 0 Å². The van der Waals surface area contributed by atoms with E-state index in [4.69, 9.17) is 14.2 Å². The standard InChI is InChI=1S/C17H13FO4/c1-20-12-4-5-13(14(18)9-12)15(19)6-2-11-3-7-16-17(8-11)22-10-21-16/h2-9H,10H2,1H3/b6-2+. The summed E-state index contributed by atoms with van der Waals surface area (Å²) >= 11 is 0. The molecule has 0 atom stereocenters. The molecule has 0 spiro atoms. The molecule has 2 aromatic carbocycles. The average Bonchev–Trinajstić information content (AvgIpc) is 3.00. The van der Waals surface area contributed by atoms with Crippen molar-refractivity contribution >= 4 is 11.9 Å². The number of halogens is 1. The van der Waals surface area contributed by atoms with Gasteiger partial charge < -0.3 is 14.2 Å². The lowest BCUT2D eigenvalue weighted by Crippen LogP contribution is -1.99. The first kappa shape index (κ1) is 14.1. The Bertz CT molecular complexity index is 752. The first-order chi connectivity index (χ1) is 10.7. The minimum absolute atomic E-state index is 0.00204. The van der Waals surface area contributed by atoms with E-state index in [0.29, 0.717) is 17.2 Å². The second kappa shape index (κ2) is 5.89. The largest absolute Gasteiger partial charge is 0.497 e. The number of hydrogen-bond acceptors (Lipinski definition) is 4. The second-order valence-electron chi connectivity index (χ2n) is 4.66. The van der Waals surface area contributed by atoms with Crippen molar-refractivity contribution in [1.29, 1.82) is 0 Å². The van der Waals surface area contributed by atoms with Crippen molar-refractivity contribution in [1.82, 2.24) is 0 Å². The molecule has 0 aliphatic carbocycles. The monoisotopic (exact) mass is 300 g/mol. The summed E-state index contributed by atoms with van der Waals surface area (Å²) in [5, 5.41) is 0. The zero-order valence-corrected chi connectivity index (χ0v) is 11.8. The van der Waals surface area contributed by atoms with Crippen molar-refractivity contribution in [2.75, 3.05) is 13.9 Å². The Balaban J connectivity index is 1.79. The molecule has 2 aromatic rings. The fourth-order valence-corrected chi connectivity index (χ4v) is 2.10. The summed E-state index contributed by atoms with van der Waals surface area (Å²) in [4.78, 5) is 12.0. The first-order valence-corrected chi connectivity index (χ1v) is 6.63. The highest BCUT2D eigenvalue weighted by atomic mass is 19.1. The van der Waals surface area contributed by atoms with Crippen LogP contribution in [0.5, 0.6) is 17.2 Å². The molecule has 1 aliphatic heterocycles. The number of ether oxygens (including phenoxy) is 3. The third kappa shape index (κ3) is 2.79. The number of carbonyl (C=O) groups excluding carboxylic acids is 1. The number of benzene rings is 2. The molecular weight excluding hydrogens is 287 g/mol. The number of ketones is 1. The zero-order chi connectivity index (χ0) is 15.5. The highest BCUT2D eigenvalue weighted by molar-refractivity contribution is 6.07. The minimum Gasteiger partial charge on any atom is -0.497 e. The fourth-order valence-electron chi connectivity index (χ4n) is 2.10. The predicted octanol–water partition coefficient (Wildman–Crippen LogP) is 3.46. The topological polar surface area (TPSA) is 44.8 Å². The molecule has 5 heteroatoms. The van der Waals surface area contributed by atoms with E-state index in [1.54, 1.807) is 30.3 Å². The third-order valence-corrected chi connectivity index (χ3v) is 3.27. The molecule has 3 rings (SSSR count). The summed E-state index contributed by atoms with van der Waals surface area (Å²) in [7, 11) is 1.44. The van der Waals surface area contributed by atoms with Gasteiger partial charge in [-0.1, -0.05) is 12.1 Å². The lowest BCUT2D eigenvalue weighted by Gasteiger charge is -2.02. The summed E-state index contributed by atoms with van der Waals surface area (Å²) in [6.07, 6.45) is 2.93. The first-order valence-electron chi connectivity index (χ1n) is 6.63. The van der Waals surface area contributed by atoms with Crippen LogP contribution in [0, 0.1) is 5.82 Å². The van der Waals surface area contributed by atoms with E-state index < -0.39 is 11.6 Å². The smallest absolute Gasteiger partial charge is 0.231 e. The van der Waals surface area contributed by atoms with E-state index in [9.17, 15) is 9.18 Å². The van der Waals surface area contributed by atoms with Gasteiger partial charge in [0.2, 0.25) is 6.79 Å². The predicted molar refractivity (Wildman–Crippen MR) is 78.9 cm³/mol. The van der Waals surface area contributed by atoms with Gasteiger partial charge in [0.15, 0.2) is 17.3 Å². The van der Waals surface area contributed by atoms with Gasteiger partial charge in [0.25, 0.3) is 0 Å². The maximum atomic E-state index is 13.8. The van der Waals surface area contributed by atoms with Crippen LogP contribution >= 0.6 is 0 Å². The van der Waals surface area contributed by atoms with E-state index >= 15 is 0 Å². The van der Waals surface area contributed by atoms with E-state index in [1.807, 2.05) is 0 Å². The van der Waals surface area contributed by atoms with E-state index in [0.717, 1.165) is 5.56 Å². The maximum absolute atomic E-state index is 13.8. The number of rotatable bonds is 4. The quantitative estimate of drug-likeness (QED) is 0.641. The molecule has 0 unspecified atom stereocenters. The van der Waals surface area contributed by atoms with Crippen LogP contribution < -0.4 is 14.2 Å². The van der Waals surface area contributed by atoms with Gasteiger partial charge in [0.05, 0.1) is 12.7 Å². The van der Waals surface area contributed by atoms with Gasteiger partial charge in [0.1, 0.15) is 11.6 Å². The van der Waals surface area contributed by atoms with Gasteiger partial charge in [-0.15, -0.1) is 0 Å². The Morgan fingerprint density at radius 1 is 1.18 bits per heavy atom. The summed E-state index contributed by atoms with van der Waals surface area (Å²) < 4.78 is 29.2. The van der Waals surface area contributed by atoms with Gasteiger partial charge in [-0.05, 0) is 35.9 Å². The highest BCUT2D eigenvalue weighted by Crippen LogP contribution is 2.32. The molecule has 1 heterocycles. The van der Waals surface area contributed by atoms with Crippen molar-refractivity contribution < 1.29 is 23.4 Å². The molecule has 0 radical (unpaired) electrons. The molecule has 0 saturated carbocycles. The Morgan fingerprint density at radius 2 is 2.00 bits per heavy atom. The molecule has 0 N–H and O–H groups in total. The van der Waals surface area contributed by atoms with E-state index in [2.05, 4.69) is 0 Å². The minimum atomic E-state index is -0.611. The van der Waals surface area contributed by atoms with Gasteiger partial charge >= 0.3 is 0 Å². The summed E-state index contributed by atoms with van der Waals surface area (Å²) in [6.45, 7) is 0.193. The fraction of sp³-hybridized carbons (Fsp3) is 0.118. The van der Waals surface area contributed by atoms with Gasteiger partial charge in [-0.2, -0.15) is 0 Å². The van der Waals surface area contributed by atoms with Gasteiger partial charge in [-0.3, -0.25) is 4.79 Å². The molecule has 1 aliphatic rings. The van der Waals surface area contributed by atoms with Crippen LogP contribution in [0.15, 0.2) is 42.5 Å². The van der Waals surface area contributed by atoms with Crippen LogP contribution in [0.1, 0.15) is 15.9 Å². The Kier molecular flexibility index (Phi) is 3.78. The average molecular weight is 300 g/mol. The van der Waals surface area contributed by atoms with Crippen molar-refractivity contribution in [3.63, 3.8) is 0 Å². The van der Waals surface area contributed by atoms with Crippen LogP contribution in [0.25, 0.3) is 6.08 Å². The lowest BCUT2D eigenvalue weighted by atomic mass is 10.1. The van der Waals surface area contributed by atoms with Crippen LogP contribution in [0.4, 0.5) is 4.39 Å². The summed E-state index contributed by atoms with van der Waals surface area (Å²) in [5.74, 6) is 0.640. The maximum Gasteiger partial charge on any atom is 0.231 e. The van der Waals surface area contributed by atoms with Crippen molar-refractivity contribution in [3.05, 3.63) is 59.4 Å². The molecule has 0 amide bonds. The summed E-state index contributed by atoms with van der Waals surface area (Å²) in [6, 6.07) is 9.45. The molecule has 0 saturated heterocycles. The van der Waals surface area contributed by atoms with E-state index in [-0.39, 0.29) is 12.4 Å². The number of fused-ring (bicyclic) bond motifs is 1. The lowest BCUT2D eigenvalue weighted by molar-refractivity contribution is 0.104. The number of methoxy groups -OCH3 is 1. The second-order valence-corrected chi connectivity index (χ2v) is 4.66. The number of hydrogen-bond donors (Lipinski definition) is 0. The molecule has 112 valence electrons. The SMILES string of the molecule is COc1ccc(C(=O)/C=C/c2ccc3c(c2)OCO3)c(F)c1. The van der Waals surface area contributed by atoms with Crippen LogP contribution in [-0.4, -0.2) is 19.7 Å². The van der Waals surface area contributed by atoms with Crippen LogP contribution in [-0.2, 0) is 0 Å². The van der Waals surface area contributed by atoms with Crippen LogP contribution in [0.2, 0.25) is 0 Å². The molecular formula is C17H13FO4. The molecule has 0 fully saturated rings. The molecule has 0 aromatic heterocycles. The Hall–Kier alpha value is -2.82. The number of allylic oxidation sites excluding steroid dienone is 1. The van der Waals surface area contributed by atoms with Gasteiger partial charge in [-0.25, -0.2) is 4.39 Å². The van der Waals surface area contributed by atoms with Crippen molar-refractivity contribution in [2.45, 2.75) is 0 Å².